The van der Waals surface area contributed by atoms with Gasteiger partial charge in [-0.1, -0.05) is 16.8 Å². The topological polar surface area (TPSA) is 49.2 Å². The van der Waals surface area contributed by atoms with E-state index in [0.717, 1.165) is 0 Å². The fourth-order valence-corrected chi connectivity index (χ4v) is 2.20. The van der Waals surface area contributed by atoms with E-state index in [1.807, 2.05) is 13.8 Å². The third kappa shape index (κ3) is 2.54. The van der Waals surface area contributed by atoms with Gasteiger partial charge >= 0.3 is 0 Å². The SMILES string of the molecule is CC1(C)OC[C@H](c2cn(-c3ccc(Cl)cc3F)nn2)O1. The fourth-order valence-electron chi connectivity index (χ4n) is 2.04. The van der Waals surface area contributed by atoms with Crippen molar-refractivity contribution in [3.05, 3.63) is 40.9 Å². The minimum Gasteiger partial charge on any atom is -0.347 e. The summed E-state index contributed by atoms with van der Waals surface area (Å²) in [7, 11) is 0. The molecule has 1 aromatic carbocycles. The molecule has 1 saturated heterocycles. The molecular formula is C13H13ClFN3O2. The molecule has 0 amide bonds. The average molecular weight is 298 g/mol. The maximum Gasteiger partial charge on any atom is 0.163 e. The van der Waals surface area contributed by atoms with E-state index in [4.69, 9.17) is 21.1 Å². The zero-order valence-corrected chi connectivity index (χ0v) is 11.8. The van der Waals surface area contributed by atoms with Crippen LogP contribution < -0.4 is 0 Å². The number of nitrogens with zero attached hydrogens (tertiary/aromatic N) is 3. The van der Waals surface area contributed by atoms with Gasteiger partial charge in [0.05, 0.1) is 12.8 Å². The highest BCUT2D eigenvalue weighted by atomic mass is 35.5. The Morgan fingerprint density at radius 2 is 2.25 bits per heavy atom. The molecule has 2 aromatic rings. The Balaban J connectivity index is 1.87. The molecule has 0 bridgehead atoms. The summed E-state index contributed by atoms with van der Waals surface area (Å²) in [5, 5.41) is 8.26. The van der Waals surface area contributed by atoms with Gasteiger partial charge in [-0.05, 0) is 32.0 Å². The number of aromatic nitrogens is 3. The van der Waals surface area contributed by atoms with E-state index in [2.05, 4.69) is 10.3 Å². The van der Waals surface area contributed by atoms with Crippen LogP contribution in [0.3, 0.4) is 0 Å². The molecule has 0 radical (unpaired) electrons. The highest BCUT2D eigenvalue weighted by molar-refractivity contribution is 6.30. The fraction of sp³-hybridized carbons (Fsp3) is 0.385. The first-order chi connectivity index (χ1) is 9.44. The lowest BCUT2D eigenvalue weighted by Gasteiger charge is -2.15. The molecule has 0 unspecified atom stereocenters. The van der Waals surface area contributed by atoms with Gasteiger partial charge < -0.3 is 9.47 Å². The third-order valence-corrected chi connectivity index (χ3v) is 3.24. The van der Waals surface area contributed by atoms with Gasteiger partial charge in [0.2, 0.25) is 0 Å². The second-order valence-electron chi connectivity index (χ2n) is 5.00. The maximum absolute atomic E-state index is 13.8. The molecule has 5 nitrogen and oxygen atoms in total. The monoisotopic (exact) mass is 297 g/mol. The Labute approximate surface area is 120 Å². The van der Waals surface area contributed by atoms with Crippen molar-refractivity contribution in [2.45, 2.75) is 25.7 Å². The summed E-state index contributed by atoms with van der Waals surface area (Å²) in [6.45, 7) is 4.06. The van der Waals surface area contributed by atoms with Gasteiger partial charge in [-0.25, -0.2) is 9.07 Å². The highest BCUT2D eigenvalue weighted by Gasteiger charge is 2.35. The smallest absolute Gasteiger partial charge is 0.163 e. The summed E-state index contributed by atoms with van der Waals surface area (Å²) < 4.78 is 26.3. The first-order valence-electron chi connectivity index (χ1n) is 6.14. The lowest BCUT2D eigenvalue weighted by molar-refractivity contribution is -0.139. The maximum atomic E-state index is 13.8. The number of ether oxygens (including phenoxy) is 2. The molecule has 1 aliphatic rings. The van der Waals surface area contributed by atoms with E-state index >= 15 is 0 Å². The van der Waals surface area contributed by atoms with E-state index < -0.39 is 11.6 Å². The summed E-state index contributed by atoms with van der Waals surface area (Å²) in [5.41, 5.74) is 0.885. The minimum atomic E-state index is -0.639. The molecule has 2 heterocycles. The molecule has 1 aliphatic heterocycles. The Hall–Kier alpha value is -1.50. The Kier molecular flexibility index (Phi) is 3.24. The van der Waals surface area contributed by atoms with Crippen LogP contribution in [0.5, 0.6) is 0 Å². The van der Waals surface area contributed by atoms with Gasteiger partial charge in [-0.15, -0.1) is 5.10 Å². The summed E-state index contributed by atoms with van der Waals surface area (Å²) in [6, 6.07) is 4.38. The van der Waals surface area contributed by atoms with Gasteiger partial charge in [-0.3, -0.25) is 0 Å². The normalized spacial score (nSPS) is 21.3. The zero-order chi connectivity index (χ0) is 14.3. The summed E-state index contributed by atoms with van der Waals surface area (Å²) in [4.78, 5) is 0. The molecule has 1 atom stereocenters. The van der Waals surface area contributed by atoms with Crippen molar-refractivity contribution >= 4 is 11.6 Å². The Morgan fingerprint density at radius 1 is 1.45 bits per heavy atom. The van der Waals surface area contributed by atoms with E-state index in [1.165, 1.54) is 10.7 Å². The zero-order valence-electron chi connectivity index (χ0n) is 11.0. The molecule has 0 aliphatic carbocycles. The number of halogens is 2. The molecule has 3 rings (SSSR count). The van der Waals surface area contributed by atoms with Crippen molar-refractivity contribution < 1.29 is 13.9 Å². The van der Waals surface area contributed by atoms with E-state index in [1.54, 1.807) is 18.3 Å². The van der Waals surface area contributed by atoms with Crippen LogP contribution in [0.2, 0.25) is 5.02 Å². The van der Waals surface area contributed by atoms with Crippen molar-refractivity contribution in [2.75, 3.05) is 6.61 Å². The van der Waals surface area contributed by atoms with Crippen LogP contribution in [0.4, 0.5) is 4.39 Å². The lowest BCUT2D eigenvalue weighted by atomic mass is 10.3. The highest BCUT2D eigenvalue weighted by Crippen LogP contribution is 2.31. The Bertz CT molecular complexity index is 644. The molecule has 0 saturated carbocycles. The molecule has 0 N–H and O–H groups in total. The van der Waals surface area contributed by atoms with Gasteiger partial charge in [0.25, 0.3) is 0 Å². The number of rotatable bonds is 2. The van der Waals surface area contributed by atoms with Crippen LogP contribution in [-0.4, -0.2) is 27.4 Å². The van der Waals surface area contributed by atoms with Crippen molar-refractivity contribution in [2.24, 2.45) is 0 Å². The van der Waals surface area contributed by atoms with Gasteiger partial charge in [0.15, 0.2) is 5.79 Å². The molecule has 1 fully saturated rings. The summed E-state index contributed by atoms with van der Waals surface area (Å²) in [6.07, 6.45) is 1.33. The quantitative estimate of drug-likeness (QED) is 0.855. The molecule has 7 heteroatoms. The van der Waals surface area contributed by atoms with Crippen LogP contribution in [0.1, 0.15) is 25.6 Å². The number of hydrogen-bond acceptors (Lipinski definition) is 4. The van der Waals surface area contributed by atoms with Crippen LogP contribution in [0.25, 0.3) is 5.69 Å². The van der Waals surface area contributed by atoms with Crippen LogP contribution in [-0.2, 0) is 9.47 Å². The van der Waals surface area contributed by atoms with Crippen molar-refractivity contribution in [3.63, 3.8) is 0 Å². The van der Waals surface area contributed by atoms with Crippen molar-refractivity contribution in [1.29, 1.82) is 0 Å². The molecule has 20 heavy (non-hydrogen) atoms. The Morgan fingerprint density at radius 3 is 2.90 bits per heavy atom. The minimum absolute atomic E-state index is 0.284. The third-order valence-electron chi connectivity index (χ3n) is 3.01. The van der Waals surface area contributed by atoms with Gasteiger partial charge in [-0.2, -0.15) is 0 Å². The summed E-state index contributed by atoms with van der Waals surface area (Å²) in [5.74, 6) is -1.10. The predicted molar refractivity (Wildman–Crippen MR) is 70.2 cm³/mol. The standard InChI is InChI=1S/C13H13ClFN3O2/c1-13(2)19-7-12(20-13)10-6-18(17-16-10)11-4-3-8(14)5-9(11)15/h3-6,12H,7H2,1-2H3/t12-/m1/s1. The van der Waals surface area contributed by atoms with Gasteiger partial charge in [0, 0.05) is 5.02 Å². The van der Waals surface area contributed by atoms with Crippen molar-refractivity contribution in [3.8, 4) is 5.69 Å². The number of benzene rings is 1. The largest absolute Gasteiger partial charge is 0.347 e. The first-order valence-corrected chi connectivity index (χ1v) is 6.52. The van der Waals surface area contributed by atoms with E-state index in [0.29, 0.717) is 17.3 Å². The molecule has 1 aromatic heterocycles. The van der Waals surface area contributed by atoms with Gasteiger partial charge in [0.1, 0.15) is 23.3 Å². The van der Waals surface area contributed by atoms with Crippen molar-refractivity contribution in [1.82, 2.24) is 15.0 Å². The number of hydrogen-bond donors (Lipinski definition) is 0. The average Bonchev–Trinajstić information content (AvgIpc) is 2.95. The first kappa shape index (κ1) is 13.5. The predicted octanol–water partition coefficient (Wildman–Crippen LogP) is 2.88. The lowest BCUT2D eigenvalue weighted by Crippen LogP contribution is -2.19. The summed E-state index contributed by atoms with van der Waals surface area (Å²) >= 11 is 5.72. The second kappa shape index (κ2) is 4.80. The van der Waals surface area contributed by atoms with Crippen LogP contribution >= 0.6 is 11.6 Å². The van der Waals surface area contributed by atoms with E-state index in [-0.39, 0.29) is 11.8 Å². The van der Waals surface area contributed by atoms with Crippen LogP contribution in [0, 0.1) is 5.82 Å². The molecular weight excluding hydrogens is 285 g/mol. The van der Waals surface area contributed by atoms with E-state index in [9.17, 15) is 4.39 Å². The second-order valence-corrected chi connectivity index (χ2v) is 5.44. The molecule has 106 valence electrons. The molecule has 0 spiro atoms. The van der Waals surface area contributed by atoms with Crippen LogP contribution in [0.15, 0.2) is 24.4 Å².